The summed E-state index contributed by atoms with van der Waals surface area (Å²) in [7, 11) is 1.60. The summed E-state index contributed by atoms with van der Waals surface area (Å²) in [5.74, 6) is -2.49. The molecular formula is C30H40F2N2O5. The Morgan fingerprint density at radius 1 is 1.21 bits per heavy atom. The molecule has 0 aromatic heterocycles. The average molecular weight is 547 g/mol. The standard InChI is InChI=1S/C30H40F2N2O5/c1-19-8-3-4-10-27(19)39-28-23(16-22(31)17-24(28)32)30(37,11-5-6-13-38-2)21-9-7-12-34(18-21)29(36)20-14-25(33)26(35)15-20/h3-4,8,10,16-17,20-21,25-26,35,37H,5-7,9,11-15,18,33H2,1-2H3/t20-,21?,25+,26-,30-/m0/s1. The lowest BCUT2D eigenvalue weighted by atomic mass is 9.73. The zero-order valence-electron chi connectivity index (χ0n) is 22.7. The molecule has 1 unspecified atom stereocenters. The lowest BCUT2D eigenvalue weighted by molar-refractivity contribution is -0.141. The van der Waals surface area contributed by atoms with Gasteiger partial charge in [-0.2, -0.15) is 0 Å². The van der Waals surface area contributed by atoms with Gasteiger partial charge in [-0.05, 0) is 69.6 Å². The second kappa shape index (κ2) is 12.7. The maximum atomic E-state index is 15.4. The molecule has 1 aliphatic heterocycles. The van der Waals surface area contributed by atoms with Crippen LogP contribution in [0.5, 0.6) is 11.5 Å². The van der Waals surface area contributed by atoms with Crippen molar-refractivity contribution in [2.75, 3.05) is 26.8 Å². The van der Waals surface area contributed by atoms with Crippen molar-refractivity contribution in [3.05, 3.63) is 59.2 Å². The number of likely N-dealkylation sites (tertiary alicyclic amines) is 1. The monoisotopic (exact) mass is 546 g/mol. The summed E-state index contributed by atoms with van der Waals surface area (Å²) in [6.07, 6.45) is 2.61. The molecule has 1 saturated heterocycles. The second-order valence-electron chi connectivity index (χ2n) is 11.0. The Hall–Kier alpha value is -2.59. The third kappa shape index (κ3) is 6.60. The smallest absolute Gasteiger partial charge is 0.225 e. The number of halogens is 2. The molecule has 0 radical (unpaired) electrons. The van der Waals surface area contributed by atoms with E-state index >= 15 is 4.39 Å². The number of benzene rings is 2. The molecule has 39 heavy (non-hydrogen) atoms. The van der Waals surface area contributed by atoms with Gasteiger partial charge >= 0.3 is 0 Å². The first kappa shape index (κ1) is 29.4. The Balaban J connectivity index is 1.69. The van der Waals surface area contributed by atoms with E-state index in [-0.39, 0.29) is 36.1 Å². The number of methoxy groups -OCH3 is 1. The lowest BCUT2D eigenvalue weighted by Crippen LogP contribution is -2.49. The fourth-order valence-corrected chi connectivity index (χ4v) is 6.04. The number of hydrogen-bond acceptors (Lipinski definition) is 6. The third-order valence-electron chi connectivity index (χ3n) is 8.27. The minimum atomic E-state index is -1.67. The number of ether oxygens (including phenoxy) is 2. The molecule has 0 bridgehead atoms. The van der Waals surface area contributed by atoms with E-state index in [0.29, 0.717) is 57.4 Å². The Kier molecular flexibility index (Phi) is 9.59. The van der Waals surface area contributed by atoms with E-state index in [9.17, 15) is 19.4 Å². The van der Waals surface area contributed by atoms with Crippen LogP contribution in [0.15, 0.2) is 36.4 Å². The van der Waals surface area contributed by atoms with Gasteiger partial charge in [0.05, 0.1) is 11.7 Å². The van der Waals surface area contributed by atoms with Crippen molar-refractivity contribution in [3.63, 3.8) is 0 Å². The molecular weight excluding hydrogens is 506 g/mol. The first-order valence-corrected chi connectivity index (χ1v) is 13.8. The Morgan fingerprint density at radius 2 is 1.97 bits per heavy atom. The average Bonchev–Trinajstić information content (AvgIpc) is 3.26. The van der Waals surface area contributed by atoms with Crippen molar-refractivity contribution in [1.29, 1.82) is 0 Å². The zero-order chi connectivity index (χ0) is 28.2. The number of rotatable bonds is 10. The topological polar surface area (TPSA) is 105 Å². The predicted octanol–water partition coefficient (Wildman–Crippen LogP) is 4.41. The van der Waals surface area contributed by atoms with Crippen molar-refractivity contribution in [1.82, 2.24) is 4.90 Å². The molecule has 2 aliphatic rings. The lowest BCUT2D eigenvalue weighted by Gasteiger charge is -2.44. The fraction of sp³-hybridized carbons (Fsp3) is 0.567. The van der Waals surface area contributed by atoms with Gasteiger partial charge in [-0.25, -0.2) is 8.78 Å². The molecule has 1 amide bonds. The van der Waals surface area contributed by atoms with Crippen molar-refractivity contribution < 1.29 is 33.3 Å². The summed E-state index contributed by atoms with van der Waals surface area (Å²) in [6.45, 7) is 3.05. The first-order chi connectivity index (χ1) is 18.6. The van der Waals surface area contributed by atoms with Gasteiger partial charge in [-0.15, -0.1) is 0 Å². The maximum absolute atomic E-state index is 15.4. The highest BCUT2D eigenvalue weighted by Crippen LogP contribution is 2.46. The zero-order valence-corrected chi connectivity index (χ0v) is 22.7. The van der Waals surface area contributed by atoms with Crippen molar-refractivity contribution in [2.45, 2.75) is 69.6 Å². The second-order valence-corrected chi connectivity index (χ2v) is 11.0. The van der Waals surface area contributed by atoms with Crippen LogP contribution < -0.4 is 10.5 Å². The normalized spacial score (nSPS) is 24.9. The number of aryl methyl sites for hydroxylation is 1. The van der Waals surface area contributed by atoms with Gasteiger partial charge in [0.25, 0.3) is 0 Å². The number of nitrogens with two attached hydrogens (primary N) is 1. The summed E-state index contributed by atoms with van der Waals surface area (Å²) >= 11 is 0. The Morgan fingerprint density at radius 3 is 2.67 bits per heavy atom. The van der Waals surface area contributed by atoms with Crippen LogP contribution in [0.4, 0.5) is 8.78 Å². The van der Waals surface area contributed by atoms with Gasteiger partial charge in [0.1, 0.15) is 11.6 Å². The number of unbranched alkanes of at least 4 members (excludes halogenated alkanes) is 1. The highest BCUT2D eigenvalue weighted by molar-refractivity contribution is 5.79. The predicted molar refractivity (Wildman–Crippen MR) is 143 cm³/mol. The van der Waals surface area contributed by atoms with Crippen LogP contribution in [0, 0.1) is 30.4 Å². The quantitative estimate of drug-likeness (QED) is 0.382. The molecule has 4 rings (SSSR count). The van der Waals surface area contributed by atoms with Gasteiger partial charge in [-0.3, -0.25) is 4.79 Å². The SMILES string of the molecule is COCCCC[C@@](O)(c1cc(F)cc(F)c1Oc1ccccc1C)C1CCCN(C(=O)[C@H]2C[C@@H](N)[C@@H](O)C2)C1. The molecule has 2 fully saturated rings. The molecule has 5 atom stereocenters. The molecule has 1 aliphatic carbocycles. The van der Waals surface area contributed by atoms with Crippen LogP contribution in [0.1, 0.15) is 56.1 Å². The number of carbonyl (C=O) groups is 1. The third-order valence-corrected chi connectivity index (χ3v) is 8.27. The Bertz CT molecular complexity index is 1140. The van der Waals surface area contributed by atoms with E-state index in [4.69, 9.17) is 15.2 Å². The van der Waals surface area contributed by atoms with Crippen LogP contribution in [-0.4, -0.2) is 60.0 Å². The van der Waals surface area contributed by atoms with E-state index < -0.39 is 35.3 Å². The number of carbonyl (C=O) groups excluding carboxylic acids is 1. The molecule has 4 N–H and O–H groups in total. The van der Waals surface area contributed by atoms with Gasteiger partial charge in [-0.1, -0.05) is 18.2 Å². The Labute approximate surface area is 228 Å². The molecule has 9 heteroatoms. The minimum absolute atomic E-state index is 0.0401. The first-order valence-electron chi connectivity index (χ1n) is 13.8. The number of aliphatic hydroxyl groups is 2. The van der Waals surface area contributed by atoms with Crippen LogP contribution in [0.25, 0.3) is 0 Å². The van der Waals surface area contributed by atoms with Gasteiger partial charge in [0.2, 0.25) is 5.91 Å². The van der Waals surface area contributed by atoms with Gasteiger partial charge < -0.3 is 30.3 Å². The number of hydrogen-bond donors (Lipinski definition) is 3. The maximum Gasteiger partial charge on any atom is 0.225 e. The number of amides is 1. The van der Waals surface area contributed by atoms with Crippen molar-refractivity contribution in [2.24, 2.45) is 17.6 Å². The summed E-state index contributed by atoms with van der Waals surface area (Å²) in [6, 6.07) is 8.59. The van der Waals surface area contributed by atoms with Gasteiger partial charge in [0, 0.05) is 56.3 Å². The van der Waals surface area contributed by atoms with Crippen molar-refractivity contribution in [3.8, 4) is 11.5 Å². The van der Waals surface area contributed by atoms with Gasteiger partial charge in [0.15, 0.2) is 11.6 Å². The molecule has 2 aromatic carbocycles. The summed E-state index contributed by atoms with van der Waals surface area (Å²) in [4.78, 5) is 15.1. The number of para-hydroxylation sites is 1. The van der Waals surface area contributed by atoms with Crippen molar-refractivity contribution >= 4 is 5.91 Å². The highest BCUT2D eigenvalue weighted by atomic mass is 19.1. The minimum Gasteiger partial charge on any atom is -0.454 e. The van der Waals surface area contributed by atoms with E-state index in [2.05, 4.69) is 0 Å². The molecule has 2 aromatic rings. The number of piperidine rings is 1. The van der Waals surface area contributed by atoms with Crippen LogP contribution in [0.2, 0.25) is 0 Å². The molecule has 0 spiro atoms. The van der Waals surface area contributed by atoms with E-state index in [1.54, 1.807) is 24.1 Å². The van der Waals surface area contributed by atoms with E-state index in [1.165, 1.54) is 0 Å². The fourth-order valence-electron chi connectivity index (χ4n) is 6.04. The van der Waals surface area contributed by atoms with Crippen LogP contribution in [-0.2, 0) is 15.1 Å². The molecule has 7 nitrogen and oxygen atoms in total. The largest absolute Gasteiger partial charge is 0.454 e. The van der Waals surface area contributed by atoms with Crippen LogP contribution in [0.3, 0.4) is 0 Å². The molecule has 1 saturated carbocycles. The summed E-state index contributed by atoms with van der Waals surface area (Å²) in [5.41, 5.74) is 5.09. The van der Waals surface area contributed by atoms with E-state index in [1.807, 2.05) is 19.1 Å². The van der Waals surface area contributed by atoms with Crippen LogP contribution >= 0.6 is 0 Å². The number of aliphatic hydroxyl groups excluding tert-OH is 1. The summed E-state index contributed by atoms with van der Waals surface area (Å²) < 4.78 is 41.3. The molecule has 1 heterocycles. The molecule has 214 valence electrons. The van der Waals surface area contributed by atoms with E-state index in [0.717, 1.165) is 17.7 Å². The number of nitrogens with zero attached hydrogens (tertiary/aromatic N) is 1. The highest BCUT2D eigenvalue weighted by Gasteiger charge is 2.45. The summed E-state index contributed by atoms with van der Waals surface area (Å²) in [5, 5.41) is 22.5.